The number of H-pyrrole nitrogens is 2. The summed E-state index contributed by atoms with van der Waals surface area (Å²) in [7, 11) is 0. The molecule has 0 bridgehead atoms. The predicted molar refractivity (Wildman–Crippen MR) is 66.9 cm³/mol. The number of aromatic nitrogens is 2. The topological polar surface area (TPSA) is 95.9 Å². The van der Waals surface area contributed by atoms with E-state index in [4.69, 9.17) is 4.42 Å². The molecule has 96 valence electrons. The van der Waals surface area contributed by atoms with Gasteiger partial charge in [-0.3, -0.25) is 14.8 Å². The maximum absolute atomic E-state index is 11.7. The summed E-state index contributed by atoms with van der Waals surface area (Å²) in [6.07, 6.45) is 1.44. The summed E-state index contributed by atoms with van der Waals surface area (Å²) in [4.78, 5) is 38.7. The van der Waals surface area contributed by atoms with Crippen molar-refractivity contribution in [1.29, 1.82) is 0 Å². The number of rotatable bonds is 3. The van der Waals surface area contributed by atoms with Crippen LogP contribution in [-0.2, 0) is 6.42 Å². The molecule has 0 aliphatic heterocycles. The van der Waals surface area contributed by atoms with Crippen LogP contribution in [0.1, 0.15) is 25.8 Å². The van der Waals surface area contributed by atoms with E-state index >= 15 is 0 Å². The fourth-order valence-corrected chi connectivity index (χ4v) is 1.82. The van der Waals surface area contributed by atoms with Crippen molar-refractivity contribution in [2.45, 2.75) is 26.7 Å². The standard InChI is InChI=1S/C12H14N2O4/c1-6(2)3-4-7-5-8(15)18-11-9(7)10(16)13-12(17)14-11/h5-6H,3-4H2,1-2H3,(H2,13,14,16,17). The molecule has 2 aromatic heterocycles. The van der Waals surface area contributed by atoms with E-state index < -0.39 is 16.9 Å². The Labute approximate surface area is 102 Å². The maximum Gasteiger partial charge on any atom is 0.337 e. The smallest absolute Gasteiger partial charge is 0.337 e. The quantitative estimate of drug-likeness (QED) is 0.840. The van der Waals surface area contributed by atoms with Gasteiger partial charge in [0.15, 0.2) is 0 Å². The number of fused-ring (bicyclic) bond motifs is 1. The summed E-state index contributed by atoms with van der Waals surface area (Å²) in [5.41, 5.74) is -1.24. The van der Waals surface area contributed by atoms with Gasteiger partial charge in [0.2, 0.25) is 5.71 Å². The van der Waals surface area contributed by atoms with Gasteiger partial charge in [-0.15, -0.1) is 0 Å². The van der Waals surface area contributed by atoms with Crippen LogP contribution in [0.25, 0.3) is 11.1 Å². The van der Waals surface area contributed by atoms with Gasteiger partial charge in [-0.2, -0.15) is 0 Å². The van der Waals surface area contributed by atoms with Crippen molar-refractivity contribution in [3.05, 3.63) is 42.9 Å². The second-order valence-electron chi connectivity index (χ2n) is 4.64. The molecular formula is C12H14N2O4. The van der Waals surface area contributed by atoms with Gasteiger partial charge in [0.25, 0.3) is 5.56 Å². The van der Waals surface area contributed by atoms with Gasteiger partial charge in [-0.1, -0.05) is 13.8 Å². The lowest BCUT2D eigenvalue weighted by atomic mass is 10.0. The van der Waals surface area contributed by atoms with Gasteiger partial charge in [-0.25, -0.2) is 9.59 Å². The molecule has 0 unspecified atom stereocenters. The molecule has 0 spiro atoms. The van der Waals surface area contributed by atoms with Gasteiger partial charge >= 0.3 is 11.3 Å². The summed E-state index contributed by atoms with van der Waals surface area (Å²) in [6.45, 7) is 4.11. The summed E-state index contributed by atoms with van der Waals surface area (Å²) in [5.74, 6) is 0.453. The molecule has 0 atom stereocenters. The Morgan fingerprint density at radius 3 is 2.61 bits per heavy atom. The average Bonchev–Trinajstić information content (AvgIpc) is 2.24. The molecule has 0 aliphatic rings. The van der Waals surface area contributed by atoms with Crippen LogP contribution < -0.4 is 16.9 Å². The van der Waals surface area contributed by atoms with Gasteiger partial charge in [-0.05, 0) is 24.3 Å². The minimum atomic E-state index is -0.684. The lowest BCUT2D eigenvalue weighted by molar-refractivity contribution is 0.539. The van der Waals surface area contributed by atoms with Gasteiger partial charge < -0.3 is 4.42 Å². The Morgan fingerprint density at radius 1 is 1.22 bits per heavy atom. The molecule has 0 aliphatic carbocycles. The first-order valence-electron chi connectivity index (χ1n) is 5.76. The summed E-state index contributed by atoms with van der Waals surface area (Å²) in [5, 5.41) is 0.245. The SMILES string of the molecule is CC(C)CCc1cc(=O)oc2[nH]c(=O)[nH]c(=O)c12. The van der Waals surface area contributed by atoms with Crippen molar-refractivity contribution < 1.29 is 4.42 Å². The molecular weight excluding hydrogens is 236 g/mol. The third-order valence-electron chi connectivity index (χ3n) is 2.72. The highest BCUT2D eigenvalue weighted by molar-refractivity contribution is 5.75. The lowest BCUT2D eigenvalue weighted by Gasteiger charge is -2.06. The zero-order valence-corrected chi connectivity index (χ0v) is 10.2. The van der Waals surface area contributed by atoms with E-state index in [-0.39, 0.29) is 11.1 Å². The molecule has 2 N–H and O–H groups in total. The fraction of sp³-hybridized carbons (Fsp3) is 0.417. The Hall–Kier alpha value is -2.11. The second kappa shape index (κ2) is 4.64. The number of nitrogens with one attached hydrogen (secondary N) is 2. The highest BCUT2D eigenvalue weighted by Crippen LogP contribution is 2.13. The summed E-state index contributed by atoms with van der Waals surface area (Å²) >= 11 is 0. The van der Waals surface area contributed by atoms with Crippen LogP contribution in [0.3, 0.4) is 0 Å². The zero-order chi connectivity index (χ0) is 13.3. The molecule has 0 saturated carbocycles. The van der Waals surface area contributed by atoms with E-state index in [1.54, 1.807) is 0 Å². The highest BCUT2D eigenvalue weighted by Gasteiger charge is 2.11. The van der Waals surface area contributed by atoms with Crippen LogP contribution in [0.4, 0.5) is 0 Å². The van der Waals surface area contributed by atoms with Crippen LogP contribution in [0, 0.1) is 5.92 Å². The molecule has 0 amide bonds. The Kier molecular flexibility index (Phi) is 3.18. The number of hydrogen-bond donors (Lipinski definition) is 2. The third kappa shape index (κ3) is 2.42. The van der Waals surface area contributed by atoms with Gasteiger partial charge in [0, 0.05) is 6.07 Å². The van der Waals surface area contributed by atoms with Crippen LogP contribution >= 0.6 is 0 Å². The number of aryl methyl sites for hydroxylation is 1. The molecule has 6 nitrogen and oxygen atoms in total. The molecule has 18 heavy (non-hydrogen) atoms. The second-order valence-corrected chi connectivity index (χ2v) is 4.64. The lowest BCUT2D eigenvalue weighted by Crippen LogP contribution is -2.24. The molecule has 0 fully saturated rings. The van der Waals surface area contributed by atoms with Gasteiger partial charge in [0.05, 0.1) is 0 Å². The fourth-order valence-electron chi connectivity index (χ4n) is 1.82. The van der Waals surface area contributed by atoms with Gasteiger partial charge in [0.1, 0.15) is 5.39 Å². The van der Waals surface area contributed by atoms with E-state index in [9.17, 15) is 14.4 Å². The van der Waals surface area contributed by atoms with Crippen molar-refractivity contribution in [1.82, 2.24) is 9.97 Å². The summed E-state index contributed by atoms with van der Waals surface area (Å²) < 4.78 is 4.84. The maximum atomic E-state index is 11.7. The van der Waals surface area contributed by atoms with Crippen molar-refractivity contribution in [2.75, 3.05) is 0 Å². The first-order chi connectivity index (χ1) is 8.47. The molecule has 2 heterocycles. The van der Waals surface area contributed by atoms with E-state index in [0.29, 0.717) is 17.9 Å². The first kappa shape index (κ1) is 12.3. The van der Waals surface area contributed by atoms with E-state index in [1.807, 2.05) is 0 Å². The number of aromatic amines is 2. The average molecular weight is 250 g/mol. The van der Waals surface area contributed by atoms with Crippen molar-refractivity contribution in [2.24, 2.45) is 5.92 Å². The predicted octanol–water partition coefficient (Wildman–Crippen LogP) is 0.758. The first-order valence-corrected chi connectivity index (χ1v) is 5.76. The van der Waals surface area contributed by atoms with E-state index in [0.717, 1.165) is 6.42 Å². The normalized spacial score (nSPS) is 11.3. The highest BCUT2D eigenvalue weighted by atomic mass is 16.4. The molecule has 0 aromatic carbocycles. The van der Waals surface area contributed by atoms with Crippen LogP contribution in [-0.4, -0.2) is 9.97 Å². The van der Waals surface area contributed by atoms with Crippen LogP contribution in [0.2, 0.25) is 0 Å². The van der Waals surface area contributed by atoms with E-state index in [1.165, 1.54) is 6.07 Å². The van der Waals surface area contributed by atoms with Crippen molar-refractivity contribution >= 4 is 11.1 Å². The monoisotopic (exact) mass is 250 g/mol. The Bertz CT molecular complexity index is 731. The molecule has 0 radical (unpaired) electrons. The van der Waals surface area contributed by atoms with Crippen molar-refractivity contribution in [3.63, 3.8) is 0 Å². The molecule has 0 saturated heterocycles. The Morgan fingerprint density at radius 2 is 1.94 bits per heavy atom. The minimum absolute atomic E-state index is 0.0602. The minimum Gasteiger partial charge on any atom is -0.405 e. The number of hydrogen-bond acceptors (Lipinski definition) is 4. The molecule has 2 rings (SSSR count). The Balaban J connectivity index is 2.68. The van der Waals surface area contributed by atoms with Crippen LogP contribution in [0.5, 0.6) is 0 Å². The van der Waals surface area contributed by atoms with E-state index in [2.05, 4.69) is 23.8 Å². The van der Waals surface area contributed by atoms with Crippen molar-refractivity contribution in [3.8, 4) is 0 Å². The zero-order valence-electron chi connectivity index (χ0n) is 10.2. The third-order valence-corrected chi connectivity index (χ3v) is 2.72. The van der Waals surface area contributed by atoms with Crippen LogP contribution in [0.15, 0.2) is 24.9 Å². The molecule has 2 aromatic rings. The molecule has 6 heteroatoms. The largest absolute Gasteiger partial charge is 0.405 e. The summed E-state index contributed by atoms with van der Waals surface area (Å²) in [6, 6.07) is 1.30.